The Labute approximate surface area is 95.0 Å². The molecule has 0 amide bonds. The highest BCUT2D eigenvalue weighted by Gasteiger charge is 2.23. The van der Waals surface area contributed by atoms with E-state index in [1.165, 1.54) is 0 Å². The molecule has 0 saturated heterocycles. The van der Waals surface area contributed by atoms with Gasteiger partial charge in [-0.3, -0.25) is 10.1 Å². The molecule has 0 radical (unpaired) electrons. The summed E-state index contributed by atoms with van der Waals surface area (Å²) >= 11 is 0. The van der Waals surface area contributed by atoms with E-state index in [1.807, 2.05) is 20.8 Å². The number of pyridine rings is 1. The molecule has 0 aliphatic heterocycles. The first-order chi connectivity index (χ1) is 7.37. The summed E-state index contributed by atoms with van der Waals surface area (Å²) in [5.41, 5.74) is 0.476. The summed E-state index contributed by atoms with van der Waals surface area (Å²) in [6, 6.07) is 1.64. The minimum absolute atomic E-state index is 0.0593. The molecule has 0 unspecified atom stereocenters. The minimum atomic E-state index is -0.392. The Morgan fingerprint density at radius 1 is 1.56 bits per heavy atom. The van der Waals surface area contributed by atoms with Crippen LogP contribution in [-0.4, -0.2) is 15.4 Å². The fourth-order valence-electron chi connectivity index (χ4n) is 1.28. The predicted octanol–water partition coefficient (Wildman–Crippen LogP) is 2.90. The molecule has 0 bridgehead atoms. The number of hydrogen-bond acceptors (Lipinski definition) is 4. The summed E-state index contributed by atoms with van der Waals surface area (Å²) in [5.74, 6) is 0.344. The van der Waals surface area contributed by atoms with Gasteiger partial charge in [-0.2, -0.15) is 0 Å². The van der Waals surface area contributed by atoms with Gasteiger partial charge in [-0.25, -0.2) is 4.98 Å². The lowest BCUT2D eigenvalue weighted by atomic mass is 10.0. The number of rotatable bonds is 4. The Morgan fingerprint density at radius 2 is 2.19 bits per heavy atom. The lowest BCUT2D eigenvalue weighted by Crippen LogP contribution is -2.30. The highest BCUT2D eigenvalue weighted by atomic mass is 16.6. The Balaban J connectivity index is 3.14. The van der Waals surface area contributed by atoms with Crippen LogP contribution in [0.2, 0.25) is 0 Å². The molecule has 1 aromatic heterocycles. The number of nitrogens with one attached hydrogen (secondary N) is 1. The smallest absolute Gasteiger partial charge is 0.314 e. The second kappa shape index (κ2) is 4.47. The van der Waals surface area contributed by atoms with E-state index in [0.717, 1.165) is 6.42 Å². The molecule has 0 atom stereocenters. The van der Waals surface area contributed by atoms with E-state index in [0.29, 0.717) is 11.4 Å². The standard InChI is InChI=1S/C11H17N3O2/c1-5-11(3,4)13-10-9(14(15)16)8(2)6-7-12-10/h6-7H,5H2,1-4H3,(H,12,13). The topological polar surface area (TPSA) is 68.1 Å². The first kappa shape index (κ1) is 12.4. The lowest BCUT2D eigenvalue weighted by molar-refractivity contribution is -0.384. The third-order valence-electron chi connectivity index (χ3n) is 2.65. The maximum atomic E-state index is 10.9. The quantitative estimate of drug-likeness (QED) is 0.629. The van der Waals surface area contributed by atoms with E-state index in [9.17, 15) is 10.1 Å². The van der Waals surface area contributed by atoms with Crippen LogP contribution in [-0.2, 0) is 0 Å². The predicted molar refractivity (Wildman–Crippen MR) is 63.6 cm³/mol. The van der Waals surface area contributed by atoms with Gasteiger partial charge in [-0.1, -0.05) is 6.92 Å². The third-order valence-corrected chi connectivity index (χ3v) is 2.65. The third kappa shape index (κ3) is 2.68. The van der Waals surface area contributed by atoms with Gasteiger partial charge in [0.05, 0.1) is 4.92 Å². The molecule has 0 fully saturated rings. The maximum absolute atomic E-state index is 10.9. The number of nitrogens with zero attached hydrogens (tertiary/aromatic N) is 2. The van der Waals surface area contributed by atoms with Crippen LogP contribution in [0.15, 0.2) is 12.3 Å². The summed E-state index contributed by atoms with van der Waals surface area (Å²) in [7, 11) is 0. The number of anilines is 1. The first-order valence-electron chi connectivity index (χ1n) is 5.25. The Morgan fingerprint density at radius 3 is 2.69 bits per heavy atom. The van der Waals surface area contributed by atoms with Crippen molar-refractivity contribution in [3.8, 4) is 0 Å². The van der Waals surface area contributed by atoms with Crippen molar-refractivity contribution in [2.45, 2.75) is 39.7 Å². The van der Waals surface area contributed by atoms with E-state index in [1.54, 1.807) is 19.2 Å². The molecule has 0 saturated carbocycles. The minimum Gasteiger partial charge on any atom is -0.359 e. The highest BCUT2D eigenvalue weighted by Crippen LogP contribution is 2.28. The van der Waals surface area contributed by atoms with Crippen LogP contribution >= 0.6 is 0 Å². The van der Waals surface area contributed by atoms with Gasteiger partial charge in [0.2, 0.25) is 5.82 Å². The van der Waals surface area contributed by atoms with Crippen LogP contribution < -0.4 is 5.32 Å². The molecule has 0 aliphatic carbocycles. The van der Waals surface area contributed by atoms with Crippen LogP contribution in [0.1, 0.15) is 32.8 Å². The molecular formula is C11H17N3O2. The van der Waals surface area contributed by atoms with Crippen molar-refractivity contribution in [2.24, 2.45) is 0 Å². The molecule has 5 heteroatoms. The Hall–Kier alpha value is -1.65. The Kier molecular flexibility index (Phi) is 3.47. The van der Waals surface area contributed by atoms with Crippen LogP contribution in [0, 0.1) is 17.0 Å². The van der Waals surface area contributed by atoms with Crippen molar-refractivity contribution in [2.75, 3.05) is 5.32 Å². The van der Waals surface area contributed by atoms with Crippen LogP contribution in [0.25, 0.3) is 0 Å². The van der Waals surface area contributed by atoms with Gasteiger partial charge in [-0.05, 0) is 33.3 Å². The van der Waals surface area contributed by atoms with E-state index in [-0.39, 0.29) is 11.2 Å². The highest BCUT2D eigenvalue weighted by molar-refractivity contribution is 5.60. The molecular weight excluding hydrogens is 206 g/mol. The number of hydrogen-bond donors (Lipinski definition) is 1. The molecule has 1 heterocycles. The van der Waals surface area contributed by atoms with Crippen molar-refractivity contribution < 1.29 is 4.92 Å². The molecule has 0 aliphatic rings. The van der Waals surface area contributed by atoms with E-state index in [4.69, 9.17) is 0 Å². The lowest BCUT2D eigenvalue weighted by Gasteiger charge is -2.25. The zero-order valence-corrected chi connectivity index (χ0v) is 10.1. The van der Waals surface area contributed by atoms with Crippen LogP contribution in [0.3, 0.4) is 0 Å². The van der Waals surface area contributed by atoms with Crippen LogP contribution in [0.4, 0.5) is 11.5 Å². The average Bonchev–Trinajstić information content (AvgIpc) is 2.16. The summed E-state index contributed by atoms with van der Waals surface area (Å²) in [5, 5.41) is 14.0. The molecule has 0 aromatic carbocycles. The average molecular weight is 223 g/mol. The Bertz CT molecular complexity index is 402. The summed E-state index contributed by atoms with van der Waals surface area (Å²) in [6.07, 6.45) is 2.44. The van der Waals surface area contributed by atoms with Gasteiger partial charge in [0, 0.05) is 17.3 Å². The molecule has 1 rings (SSSR count). The van der Waals surface area contributed by atoms with E-state index >= 15 is 0 Å². The van der Waals surface area contributed by atoms with Crippen molar-refractivity contribution in [1.82, 2.24) is 4.98 Å². The fourth-order valence-corrected chi connectivity index (χ4v) is 1.28. The largest absolute Gasteiger partial charge is 0.359 e. The van der Waals surface area contributed by atoms with Gasteiger partial charge in [0.15, 0.2) is 0 Å². The first-order valence-corrected chi connectivity index (χ1v) is 5.25. The van der Waals surface area contributed by atoms with Gasteiger partial charge < -0.3 is 5.32 Å². The number of aromatic nitrogens is 1. The SMILES string of the molecule is CCC(C)(C)Nc1nccc(C)c1[N+](=O)[O-]. The molecule has 0 spiro atoms. The molecule has 88 valence electrons. The van der Waals surface area contributed by atoms with Crippen molar-refractivity contribution in [3.05, 3.63) is 27.9 Å². The summed E-state index contributed by atoms with van der Waals surface area (Å²) in [6.45, 7) is 7.71. The molecule has 5 nitrogen and oxygen atoms in total. The fraction of sp³-hybridized carbons (Fsp3) is 0.545. The summed E-state index contributed by atoms with van der Waals surface area (Å²) < 4.78 is 0. The van der Waals surface area contributed by atoms with E-state index < -0.39 is 4.92 Å². The zero-order chi connectivity index (χ0) is 12.3. The summed E-state index contributed by atoms with van der Waals surface area (Å²) in [4.78, 5) is 14.6. The second-order valence-corrected chi connectivity index (χ2v) is 4.44. The van der Waals surface area contributed by atoms with Crippen LogP contribution in [0.5, 0.6) is 0 Å². The maximum Gasteiger partial charge on any atom is 0.314 e. The number of aryl methyl sites for hydroxylation is 1. The monoisotopic (exact) mass is 223 g/mol. The van der Waals surface area contributed by atoms with E-state index in [2.05, 4.69) is 10.3 Å². The zero-order valence-electron chi connectivity index (χ0n) is 10.1. The van der Waals surface area contributed by atoms with Gasteiger partial charge in [0.25, 0.3) is 0 Å². The van der Waals surface area contributed by atoms with Gasteiger partial charge >= 0.3 is 5.69 Å². The molecule has 16 heavy (non-hydrogen) atoms. The number of nitro groups is 1. The second-order valence-electron chi connectivity index (χ2n) is 4.44. The molecule has 1 aromatic rings. The van der Waals surface area contributed by atoms with Gasteiger partial charge in [0.1, 0.15) is 0 Å². The van der Waals surface area contributed by atoms with Gasteiger partial charge in [-0.15, -0.1) is 0 Å². The normalized spacial score (nSPS) is 11.2. The van der Waals surface area contributed by atoms with Crippen molar-refractivity contribution >= 4 is 11.5 Å². The van der Waals surface area contributed by atoms with Crippen molar-refractivity contribution in [1.29, 1.82) is 0 Å². The van der Waals surface area contributed by atoms with Crippen molar-refractivity contribution in [3.63, 3.8) is 0 Å². The molecule has 1 N–H and O–H groups in total.